The second kappa shape index (κ2) is 6.18. The fourth-order valence-electron chi connectivity index (χ4n) is 1.68. The summed E-state index contributed by atoms with van der Waals surface area (Å²) in [4.78, 5) is 3.97. The lowest BCUT2D eigenvalue weighted by Gasteiger charge is -2.21. The molecule has 0 radical (unpaired) electrons. The van der Waals surface area contributed by atoms with Crippen LogP contribution in [0.1, 0.15) is 26.3 Å². The van der Waals surface area contributed by atoms with Crippen LogP contribution in [0.15, 0.2) is 36.7 Å². The molecule has 0 amide bonds. The first-order valence-corrected chi connectivity index (χ1v) is 6.66. The number of nitrogens with zero attached hydrogens (tertiary/aromatic N) is 1. The minimum absolute atomic E-state index is 0.0648. The van der Waals surface area contributed by atoms with Gasteiger partial charge < -0.3 is 10.1 Å². The van der Waals surface area contributed by atoms with Gasteiger partial charge in [0.25, 0.3) is 0 Å². The average molecular weight is 292 g/mol. The summed E-state index contributed by atoms with van der Waals surface area (Å²) in [6.07, 6.45) is 3.12. The molecular weight excluding hydrogens is 274 g/mol. The Labute approximate surface area is 123 Å². The second-order valence-electron chi connectivity index (χ2n) is 5.76. The van der Waals surface area contributed by atoms with Crippen molar-refractivity contribution in [3.8, 4) is 11.5 Å². The first-order chi connectivity index (χ1) is 9.85. The maximum atomic E-state index is 13.6. The van der Waals surface area contributed by atoms with E-state index in [4.69, 9.17) is 4.74 Å². The van der Waals surface area contributed by atoms with Crippen LogP contribution >= 0.6 is 0 Å². The highest BCUT2D eigenvalue weighted by Gasteiger charge is 2.13. The van der Waals surface area contributed by atoms with Gasteiger partial charge in [0.1, 0.15) is 11.6 Å². The zero-order chi connectivity index (χ0) is 15.5. The molecule has 3 nitrogen and oxygen atoms in total. The van der Waals surface area contributed by atoms with E-state index in [1.807, 2.05) is 20.8 Å². The molecule has 1 aromatic heterocycles. The fourth-order valence-corrected chi connectivity index (χ4v) is 1.68. The molecule has 1 aromatic carbocycles. The molecule has 0 unspecified atom stereocenters. The van der Waals surface area contributed by atoms with E-state index in [-0.39, 0.29) is 11.3 Å². The Kier molecular flexibility index (Phi) is 4.53. The van der Waals surface area contributed by atoms with E-state index in [2.05, 4.69) is 10.3 Å². The van der Waals surface area contributed by atoms with Gasteiger partial charge in [0.05, 0.1) is 6.20 Å². The molecule has 0 aliphatic heterocycles. The van der Waals surface area contributed by atoms with E-state index in [9.17, 15) is 8.78 Å². The third-order valence-corrected chi connectivity index (χ3v) is 2.79. The minimum atomic E-state index is -0.616. The highest BCUT2D eigenvalue weighted by atomic mass is 19.1. The van der Waals surface area contributed by atoms with Crippen LogP contribution in [0.5, 0.6) is 11.5 Å². The molecule has 2 rings (SSSR count). The number of halogens is 2. The van der Waals surface area contributed by atoms with Gasteiger partial charge in [0.15, 0.2) is 11.6 Å². The normalized spacial score (nSPS) is 11.5. The van der Waals surface area contributed by atoms with Gasteiger partial charge in [0.2, 0.25) is 0 Å². The van der Waals surface area contributed by atoms with Crippen molar-refractivity contribution >= 4 is 0 Å². The van der Waals surface area contributed by atoms with Gasteiger partial charge >= 0.3 is 0 Å². The smallest absolute Gasteiger partial charge is 0.166 e. The molecular formula is C16H18F2N2O. The van der Waals surface area contributed by atoms with Gasteiger partial charge in [-0.1, -0.05) is 0 Å². The van der Waals surface area contributed by atoms with E-state index < -0.39 is 11.6 Å². The predicted molar refractivity (Wildman–Crippen MR) is 77.3 cm³/mol. The quantitative estimate of drug-likeness (QED) is 0.923. The van der Waals surface area contributed by atoms with Crippen molar-refractivity contribution in [3.05, 3.63) is 53.9 Å². The minimum Gasteiger partial charge on any atom is -0.452 e. The van der Waals surface area contributed by atoms with Crippen molar-refractivity contribution in [1.82, 2.24) is 10.3 Å². The lowest BCUT2D eigenvalue weighted by molar-refractivity contribution is 0.405. The predicted octanol–water partition coefficient (Wildman–Crippen LogP) is 4.04. The van der Waals surface area contributed by atoms with Gasteiger partial charge in [-0.2, -0.15) is 0 Å². The number of ether oxygens (including phenoxy) is 1. The van der Waals surface area contributed by atoms with Crippen LogP contribution in [-0.2, 0) is 6.54 Å². The van der Waals surface area contributed by atoms with Crippen LogP contribution in [0.3, 0.4) is 0 Å². The zero-order valence-corrected chi connectivity index (χ0v) is 12.3. The molecule has 1 heterocycles. The van der Waals surface area contributed by atoms with Gasteiger partial charge in [-0.25, -0.2) is 8.78 Å². The van der Waals surface area contributed by atoms with Crippen molar-refractivity contribution in [2.45, 2.75) is 32.9 Å². The second-order valence-corrected chi connectivity index (χ2v) is 5.76. The van der Waals surface area contributed by atoms with Crippen molar-refractivity contribution in [3.63, 3.8) is 0 Å². The summed E-state index contributed by atoms with van der Waals surface area (Å²) in [5.41, 5.74) is 0.758. The SMILES string of the molecule is CC(C)(C)NCc1ccncc1Oc1cc(F)ccc1F. The number of benzene rings is 1. The molecule has 21 heavy (non-hydrogen) atoms. The third-order valence-electron chi connectivity index (χ3n) is 2.79. The number of hydrogen-bond donors (Lipinski definition) is 1. The molecule has 1 N–H and O–H groups in total. The summed E-state index contributed by atoms with van der Waals surface area (Å²) in [6, 6.07) is 4.89. The summed E-state index contributed by atoms with van der Waals surface area (Å²) in [5.74, 6) is -0.918. The van der Waals surface area contributed by atoms with Gasteiger partial charge in [-0.3, -0.25) is 4.98 Å². The van der Waals surface area contributed by atoms with E-state index in [1.165, 1.54) is 6.20 Å². The zero-order valence-electron chi connectivity index (χ0n) is 12.3. The van der Waals surface area contributed by atoms with Crippen LogP contribution < -0.4 is 10.1 Å². The molecule has 2 aromatic rings. The molecule has 112 valence electrons. The fraction of sp³-hybridized carbons (Fsp3) is 0.312. The van der Waals surface area contributed by atoms with Crippen molar-refractivity contribution in [1.29, 1.82) is 0 Å². The van der Waals surface area contributed by atoms with E-state index >= 15 is 0 Å². The highest BCUT2D eigenvalue weighted by molar-refractivity contribution is 5.36. The Bertz CT molecular complexity index is 624. The van der Waals surface area contributed by atoms with Crippen LogP contribution in [0, 0.1) is 11.6 Å². The Hall–Kier alpha value is -2.01. The van der Waals surface area contributed by atoms with E-state index in [0.717, 1.165) is 23.8 Å². The van der Waals surface area contributed by atoms with Gasteiger partial charge in [-0.15, -0.1) is 0 Å². The van der Waals surface area contributed by atoms with Crippen molar-refractivity contribution in [2.75, 3.05) is 0 Å². The largest absolute Gasteiger partial charge is 0.452 e. The molecule has 0 aliphatic rings. The topological polar surface area (TPSA) is 34.2 Å². The average Bonchev–Trinajstić information content (AvgIpc) is 2.41. The first-order valence-electron chi connectivity index (χ1n) is 6.66. The number of pyridine rings is 1. The lowest BCUT2D eigenvalue weighted by atomic mass is 10.1. The van der Waals surface area contributed by atoms with Crippen LogP contribution in [0.4, 0.5) is 8.78 Å². The molecule has 0 saturated heterocycles. The monoisotopic (exact) mass is 292 g/mol. The molecule has 5 heteroatoms. The number of aromatic nitrogens is 1. The third kappa shape index (κ3) is 4.49. The molecule has 0 atom stereocenters. The highest BCUT2D eigenvalue weighted by Crippen LogP contribution is 2.27. The summed E-state index contributed by atoms with van der Waals surface area (Å²) >= 11 is 0. The Morgan fingerprint density at radius 2 is 1.90 bits per heavy atom. The maximum Gasteiger partial charge on any atom is 0.166 e. The Morgan fingerprint density at radius 1 is 1.14 bits per heavy atom. The maximum absolute atomic E-state index is 13.6. The number of nitrogens with one attached hydrogen (secondary N) is 1. The van der Waals surface area contributed by atoms with E-state index in [1.54, 1.807) is 12.3 Å². The summed E-state index contributed by atoms with van der Waals surface area (Å²) in [5, 5.41) is 3.31. The molecule has 0 saturated carbocycles. The molecule has 0 bridgehead atoms. The first kappa shape index (κ1) is 15.4. The summed E-state index contributed by atoms with van der Waals surface area (Å²) in [7, 11) is 0. The van der Waals surface area contributed by atoms with Crippen molar-refractivity contribution < 1.29 is 13.5 Å². The molecule has 0 fully saturated rings. The molecule has 0 aliphatic carbocycles. The van der Waals surface area contributed by atoms with Crippen LogP contribution in [0.25, 0.3) is 0 Å². The van der Waals surface area contributed by atoms with Crippen LogP contribution in [-0.4, -0.2) is 10.5 Å². The Balaban J connectivity index is 2.22. The van der Waals surface area contributed by atoms with Crippen LogP contribution in [0.2, 0.25) is 0 Å². The number of rotatable bonds is 4. The standard InChI is InChI=1S/C16H18F2N2O/c1-16(2,3)20-9-11-6-7-19-10-15(11)21-14-8-12(17)4-5-13(14)18/h4-8,10,20H,9H2,1-3H3. The van der Waals surface area contributed by atoms with Crippen molar-refractivity contribution in [2.24, 2.45) is 0 Å². The Morgan fingerprint density at radius 3 is 2.62 bits per heavy atom. The van der Waals surface area contributed by atoms with Gasteiger partial charge in [0, 0.05) is 29.9 Å². The summed E-state index contributed by atoms with van der Waals surface area (Å²) in [6.45, 7) is 6.67. The lowest BCUT2D eigenvalue weighted by Crippen LogP contribution is -2.35. The van der Waals surface area contributed by atoms with E-state index in [0.29, 0.717) is 12.3 Å². The summed E-state index contributed by atoms with van der Waals surface area (Å²) < 4.78 is 32.3. The van der Waals surface area contributed by atoms with Gasteiger partial charge in [-0.05, 0) is 39.0 Å². The molecule has 0 spiro atoms. The number of hydrogen-bond acceptors (Lipinski definition) is 3.